The first-order chi connectivity index (χ1) is 13.6. The molecule has 0 atom stereocenters. The van der Waals surface area contributed by atoms with Gasteiger partial charge < -0.3 is 10.6 Å². The molecule has 4 bridgehead atoms. The first-order valence-corrected chi connectivity index (χ1v) is 12.0. The maximum atomic E-state index is 13.0. The summed E-state index contributed by atoms with van der Waals surface area (Å²) in [5.74, 6) is 3.43. The number of nitrogens with one attached hydrogen (secondary N) is 2. The molecule has 152 valence electrons. The molecule has 6 heteroatoms. The topological polar surface area (TPSA) is 71.1 Å². The maximum Gasteiger partial charge on any atom is 0.226 e. The second-order valence-corrected chi connectivity index (χ2v) is 10.9. The molecule has 0 aromatic carbocycles. The Bertz CT molecular complexity index is 698. The number of rotatable bonds is 6. The van der Waals surface area contributed by atoms with Gasteiger partial charge in [0.25, 0.3) is 0 Å². The summed E-state index contributed by atoms with van der Waals surface area (Å²) in [5.41, 5.74) is -0.169. The Balaban J connectivity index is 1.20. The number of nitrogens with zero attached hydrogens (tertiary/aromatic N) is 1. The highest BCUT2D eigenvalue weighted by atomic mass is 32.1. The van der Waals surface area contributed by atoms with E-state index in [1.54, 1.807) is 6.20 Å². The molecular weight excluding hydrogens is 370 g/mol. The second-order valence-electron chi connectivity index (χ2n) is 9.97. The summed E-state index contributed by atoms with van der Waals surface area (Å²) in [6.45, 7) is 0. The van der Waals surface area contributed by atoms with E-state index in [-0.39, 0.29) is 17.2 Å². The molecule has 5 fully saturated rings. The lowest BCUT2D eigenvalue weighted by Gasteiger charge is -2.54. The molecule has 28 heavy (non-hydrogen) atoms. The largest absolute Gasteiger partial charge is 0.353 e. The molecule has 0 radical (unpaired) electrons. The van der Waals surface area contributed by atoms with Crippen molar-refractivity contribution in [2.45, 2.75) is 76.7 Å². The van der Waals surface area contributed by atoms with Crippen LogP contribution in [-0.2, 0) is 9.59 Å². The third-order valence-corrected chi connectivity index (χ3v) is 8.66. The summed E-state index contributed by atoms with van der Waals surface area (Å²) >= 11 is 1.44. The van der Waals surface area contributed by atoms with Crippen molar-refractivity contribution in [2.75, 3.05) is 5.32 Å². The molecule has 0 aliphatic heterocycles. The van der Waals surface area contributed by atoms with E-state index in [0.29, 0.717) is 35.9 Å². The quantitative estimate of drug-likeness (QED) is 0.744. The van der Waals surface area contributed by atoms with Crippen LogP contribution in [-0.4, -0.2) is 22.8 Å². The highest BCUT2D eigenvalue weighted by Crippen LogP contribution is 2.54. The van der Waals surface area contributed by atoms with Gasteiger partial charge in [0.15, 0.2) is 5.13 Å². The fourth-order valence-corrected chi connectivity index (χ4v) is 7.61. The normalized spacial score (nSPS) is 35.1. The number of carbonyl (C=O) groups is 2. The van der Waals surface area contributed by atoms with Crippen LogP contribution in [0.1, 0.15) is 70.6 Å². The zero-order valence-corrected chi connectivity index (χ0v) is 17.3. The lowest BCUT2D eigenvalue weighted by molar-refractivity contribution is -0.128. The third kappa shape index (κ3) is 3.72. The number of amides is 2. The summed E-state index contributed by atoms with van der Waals surface area (Å²) in [5, 5.41) is 8.87. The lowest BCUT2D eigenvalue weighted by atomic mass is 9.54. The highest BCUT2D eigenvalue weighted by Gasteiger charge is 2.49. The molecule has 6 rings (SSSR count). The van der Waals surface area contributed by atoms with Crippen LogP contribution < -0.4 is 10.6 Å². The fourth-order valence-electron chi connectivity index (χ4n) is 7.07. The van der Waals surface area contributed by atoms with Crippen molar-refractivity contribution in [1.82, 2.24) is 10.3 Å². The van der Waals surface area contributed by atoms with Crippen molar-refractivity contribution in [1.29, 1.82) is 0 Å². The average molecular weight is 402 g/mol. The van der Waals surface area contributed by atoms with Crippen LogP contribution in [0.3, 0.4) is 0 Å². The Labute approximate surface area is 171 Å². The van der Waals surface area contributed by atoms with Crippen LogP contribution in [0.4, 0.5) is 5.13 Å². The van der Waals surface area contributed by atoms with E-state index in [9.17, 15) is 9.59 Å². The number of aromatic nitrogens is 1. The van der Waals surface area contributed by atoms with E-state index >= 15 is 0 Å². The van der Waals surface area contributed by atoms with Gasteiger partial charge in [0.1, 0.15) is 0 Å². The molecule has 5 saturated carbocycles. The first kappa shape index (κ1) is 18.6. The van der Waals surface area contributed by atoms with Crippen LogP contribution in [0.25, 0.3) is 0 Å². The fraction of sp³-hybridized carbons (Fsp3) is 0.773. The lowest BCUT2D eigenvalue weighted by Crippen LogP contribution is -2.56. The van der Waals surface area contributed by atoms with Gasteiger partial charge in [-0.1, -0.05) is 12.8 Å². The minimum atomic E-state index is -0.169. The minimum Gasteiger partial charge on any atom is -0.353 e. The molecule has 1 aromatic heterocycles. The summed E-state index contributed by atoms with van der Waals surface area (Å²) in [6, 6.07) is 0.392. The Morgan fingerprint density at radius 1 is 1.00 bits per heavy atom. The Morgan fingerprint density at radius 3 is 2.25 bits per heavy atom. The molecule has 2 N–H and O–H groups in total. The Kier molecular flexibility index (Phi) is 4.93. The van der Waals surface area contributed by atoms with Gasteiger partial charge in [-0.3, -0.25) is 9.59 Å². The highest BCUT2D eigenvalue weighted by molar-refractivity contribution is 7.13. The van der Waals surface area contributed by atoms with Gasteiger partial charge in [-0.05, 0) is 74.0 Å². The van der Waals surface area contributed by atoms with E-state index in [1.165, 1.54) is 43.4 Å². The van der Waals surface area contributed by atoms with Crippen molar-refractivity contribution < 1.29 is 9.59 Å². The first-order valence-electron chi connectivity index (χ1n) is 11.1. The summed E-state index contributed by atoms with van der Waals surface area (Å²) in [7, 11) is 0. The summed E-state index contributed by atoms with van der Waals surface area (Å²) in [4.78, 5) is 29.8. The van der Waals surface area contributed by atoms with E-state index in [1.807, 2.05) is 5.38 Å². The molecule has 5 nitrogen and oxygen atoms in total. The van der Waals surface area contributed by atoms with Crippen LogP contribution in [0.15, 0.2) is 11.6 Å². The molecule has 0 unspecified atom stereocenters. The second kappa shape index (κ2) is 7.43. The Hall–Kier alpha value is -1.43. The molecule has 5 aliphatic rings. The molecule has 1 heterocycles. The smallest absolute Gasteiger partial charge is 0.226 e. The zero-order valence-electron chi connectivity index (χ0n) is 16.5. The predicted octanol–water partition coefficient (Wildman–Crippen LogP) is 4.36. The molecule has 5 aliphatic carbocycles. The van der Waals surface area contributed by atoms with Crippen molar-refractivity contribution in [3.05, 3.63) is 11.6 Å². The average Bonchev–Trinajstić information content (AvgIpc) is 3.30. The van der Waals surface area contributed by atoms with Crippen LogP contribution in [0.2, 0.25) is 0 Å². The number of carbonyl (C=O) groups excluding carboxylic acids is 2. The van der Waals surface area contributed by atoms with Gasteiger partial charge in [0.2, 0.25) is 11.8 Å². The molecular formula is C22H31N3O2S. The van der Waals surface area contributed by atoms with Gasteiger partial charge in [-0.25, -0.2) is 4.98 Å². The monoisotopic (exact) mass is 401 g/mol. The van der Waals surface area contributed by atoms with Crippen molar-refractivity contribution in [3.63, 3.8) is 0 Å². The third-order valence-electron chi connectivity index (χ3n) is 7.97. The van der Waals surface area contributed by atoms with Gasteiger partial charge in [0, 0.05) is 30.5 Å². The number of thiazole rings is 1. The zero-order chi connectivity index (χ0) is 19.1. The SMILES string of the molecule is O=C(CC1(CC(=O)NC2C3CC4CC(C3)CC2C4)CCCC1)Nc1nccs1. The summed E-state index contributed by atoms with van der Waals surface area (Å²) in [6.07, 6.45) is 13.5. The number of anilines is 1. The predicted molar refractivity (Wildman–Crippen MR) is 110 cm³/mol. The van der Waals surface area contributed by atoms with E-state index < -0.39 is 0 Å². The molecule has 0 spiro atoms. The van der Waals surface area contributed by atoms with Gasteiger partial charge >= 0.3 is 0 Å². The number of hydrogen-bond donors (Lipinski definition) is 2. The van der Waals surface area contributed by atoms with Gasteiger partial charge in [-0.2, -0.15) is 0 Å². The van der Waals surface area contributed by atoms with E-state index in [4.69, 9.17) is 0 Å². The van der Waals surface area contributed by atoms with Crippen LogP contribution >= 0.6 is 11.3 Å². The minimum absolute atomic E-state index is 0.000673. The summed E-state index contributed by atoms with van der Waals surface area (Å²) < 4.78 is 0. The van der Waals surface area contributed by atoms with E-state index in [2.05, 4.69) is 15.6 Å². The molecule has 1 aromatic rings. The van der Waals surface area contributed by atoms with Crippen LogP contribution in [0.5, 0.6) is 0 Å². The van der Waals surface area contributed by atoms with Gasteiger partial charge in [-0.15, -0.1) is 11.3 Å². The van der Waals surface area contributed by atoms with Crippen molar-refractivity contribution in [2.24, 2.45) is 29.1 Å². The molecule has 0 saturated heterocycles. The van der Waals surface area contributed by atoms with Crippen molar-refractivity contribution >= 4 is 28.3 Å². The van der Waals surface area contributed by atoms with Gasteiger partial charge in [0.05, 0.1) is 0 Å². The maximum absolute atomic E-state index is 13.0. The van der Waals surface area contributed by atoms with Crippen molar-refractivity contribution in [3.8, 4) is 0 Å². The Morgan fingerprint density at radius 2 is 1.64 bits per heavy atom. The standard InChI is InChI=1S/C22H31N3O2S/c26-18(24-20-16-8-14-7-15(10-16)11-17(20)9-14)12-22(3-1-2-4-22)13-19(27)25-21-23-5-6-28-21/h5-6,14-17,20H,1-4,7-13H2,(H,24,26)(H,23,25,27). The van der Waals surface area contributed by atoms with E-state index in [0.717, 1.165) is 37.5 Å². The van der Waals surface area contributed by atoms with Crippen LogP contribution in [0, 0.1) is 29.1 Å². The number of hydrogen-bond acceptors (Lipinski definition) is 4. The molecule has 2 amide bonds.